The predicted octanol–water partition coefficient (Wildman–Crippen LogP) is 3.48. The molecule has 9 heteroatoms. The Bertz CT molecular complexity index is 760. The molecule has 1 heterocycles. The number of carbonyl (C=O) groups excluding carboxylic acids is 2. The Kier molecular flexibility index (Phi) is 6.05. The number of hydrogen-bond acceptors (Lipinski definition) is 6. The molecule has 1 N–H and O–H groups in total. The summed E-state index contributed by atoms with van der Waals surface area (Å²) in [5, 5.41) is 6.78. The minimum absolute atomic E-state index is 0.0646. The Balaban J connectivity index is 2.01. The number of aryl methyl sites for hydroxylation is 1. The molecule has 0 saturated heterocycles. The van der Waals surface area contributed by atoms with E-state index in [2.05, 4.69) is 10.5 Å². The second kappa shape index (κ2) is 8.03. The molecule has 0 aliphatic rings. The first-order valence-electron chi connectivity index (χ1n) is 6.93. The molecule has 1 amide bonds. The maximum absolute atomic E-state index is 12.0. The van der Waals surface area contributed by atoms with Gasteiger partial charge < -0.3 is 14.0 Å². The molecular weight excluding hydrogens is 359 g/mol. The number of aromatic nitrogens is 1. The highest BCUT2D eigenvalue weighted by molar-refractivity contribution is 6.35. The summed E-state index contributed by atoms with van der Waals surface area (Å²) in [6.07, 6.45) is 0. The molecule has 0 spiro atoms. The van der Waals surface area contributed by atoms with Gasteiger partial charge in [-0.25, -0.2) is 4.79 Å². The largest absolute Gasteiger partial charge is 0.482 e. The van der Waals surface area contributed by atoms with Gasteiger partial charge in [0, 0.05) is 5.02 Å². The van der Waals surface area contributed by atoms with E-state index in [4.69, 9.17) is 37.2 Å². The lowest BCUT2D eigenvalue weighted by atomic mass is 10.2. The molecule has 0 bridgehead atoms. The van der Waals surface area contributed by atoms with E-state index in [1.807, 2.05) is 0 Å². The van der Waals surface area contributed by atoms with Gasteiger partial charge in [0.15, 0.2) is 6.61 Å². The highest BCUT2D eigenvalue weighted by atomic mass is 35.5. The lowest BCUT2D eigenvalue weighted by molar-refractivity contribution is -0.118. The monoisotopic (exact) mass is 372 g/mol. The summed E-state index contributed by atoms with van der Waals surface area (Å²) in [6, 6.07) is 4.62. The van der Waals surface area contributed by atoms with Crippen LogP contribution < -0.4 is 10.1 Å². The number of carbonyl (C=O) groups is 2. The van der Waals surface area contributed by atoms with Crippen LogP contribution in [-0.2, 0) is 9.53 Å². The summed E-state index contributed by atoms with van der Waals surface area (Å²) >= 11 is 11.7. The first-order chi connectivity index (χ1) is 11.4. The SMILES string of the molecule is CCOC(=O)c1c(C)noc1NC(=O)COc1ccc(Cl)cc1Cl. The van der Waals surface area contributed by atoms with Crippen molar-refractivity contribution >= 4 is 41.0 Å². The molecule has 24 heavy (non-hydrogen) atoms. The van der Waals surface area contributed by atoms with E-state index in [-0.39, 0.29) is 29.7 Å². The molecule has 1 aromatic heterocycles. The van der Waals surface area contributed by atoms with Gasteiger partial charge >= 0.3 is 5.97 Å². The lowest BCUT2D eigenvalue weighted by Crippen LogP contribution is -2.21. The van der Waals surface area contributed by atoms with Crippen LogP contribution in [-0.4, -0.2) is 30.2 Å². The molecule has 0 fully saturated rings. The smallest absolute Gasteiger partial charge is 0.345 e. The van der Waals surface area contributed by atoms with Crippen LogP contribution in [0.4, 0.5) is 5.88 Å². The highest BCUT2D eigenvalue weighted by Gasteiger charge is 2.23. The maximum atomic E-state index is 12.0. The van der Waals surface area contributed by atoms with Crippen LogP contribution in [0.25, 0.3) is 0 Å². The topological polar surface area (TPSA) is 90.7 Å². The van der Waals surface area contributed by atoms with Gasteiger partial charge in [0.25, 0.3) is 5.91 Å². The third-order valence-corrected chi connectivity index (χ3v) is 3.38. The summed E-state index contributed by atoms with van der Waals surface area (Å²) < 4.78 is 15.1. The van der Waals surface area contributed by atoms with Crippen LogP contribution in [0.15, 0.2) is 22.7 Å². The first-order valence-corrected chi connectivity index (χ1v) is 7.69. The number of halogens is 2. The van der Waals surface area contributed by atoms with Crippen molar-refractivity contribution in [3.05, 3.63) is 39.5 Å². The zero-order chi connectivity index (χ0) is 17.7. The summed E-state index contributed by atoms with van der Waals surface area (Å²) in [7, 11) is 0. The quantitative estimate of drug-likeness (QED) is 0.780. The van der Waals surface area contributed by atoms with Gasteiger partial charge in [0.05, 0.1) is 17.3 Å². The fourth-order valence-corrected chi connectivity index (χ4v) is 2.26. The minimum atomic E-state index is -0.631. The first kappa shape index (κ1) is 18.1. The number of anilines is 1. The standard InChI is InChI=1S/C15H14Cl2N2O5/c1-3-22-15(21)13-8(2)19-24-14(13)18-12(20)7-23-11-5-4-9(16)6-10(11)17/h4-6H,3,7H2,1-2H3,(H,18,20). The zero-order valence-corrected chi connectivity index (χ0v) is 14.4. The normalized spacial score (nSPS) is 10.3. The number of rotatable bonds is 6. The maximum Gasteiger partial charge on any atom is 0.345 e. The molecule has 2 rings (SSSR count). The molecule has 2 aromatic rings. The third kappa shape index (κ3) is 4.39. The van der Waals surface area contributed by atoms with Crippen molar-refractivity contribution in [1.29, 1.82) is 0 Å². The van der Waals surface area contributed by atoms with Gasteiger partial charge in [0.2, 0.25) is 5.88 Å². The number of ether oxygens (including phenoxy) is 2. The van der Waals surface area contributed by atoms with Crippen LogP contribution in [0.5, 0.6) is 5.75 Å². The van der Waals surface area contributed by atoms with Crippen LogP contribution in [0.2, 0.25) is 10.0 Å². The molecule has 128 valence electrons. The average Bonchev–Trinajstić information content (AvgIpc) is 2.87. The van der Waals surface area contributed by atoms with Crippen LogP contribution in [0.1, 0.15) is 23.0 Å². The molecule has 0 aliphatic carbocycles. The van der Waals surface area contributed by atoms with Crippen molar-refractivity contribution in [3.8, 4) is 5.75 Å². The van der Waals surface area contributed by atoms with Gasteiger partial charge in [-0.15, -0.1) is 0 Å². The third-order valence-electron chi connectivity index (χ3n) is 2.85. The van der Waals surface area contributed by atoms with Crippen molar-refractivity contribution in [2.24, 2.45) is 0 Å². The molecule has 0 unspecified atom stereocenters. The molecule has 7 nitrogen and oxygen atoms in total. The number of benzene rings is 1. The summed E-state index contributed by atoms with van der Waals surface area (Å²) in [5.41, 5.74) is 0.375. The molecule has 0 atom stereocenters. The van der Waals surface area contributed by atoms with Crippen LogP contribution >= 0.6 is 23.2 Å². The Labute approximate surface area is 147 Å². The van der Waals surface area contributed by atoms with Crippen molar-refractivity contribution in [2.75, 3.05) is 18.5 Å². The van der Waals surface area contributed by atoms with Crippen molar-refractivity contribution in [1.82, 2.24) is 5.16 Å². The molecular formula is C15H14Cl2N2O5. The van der Waals surface area contributed by atoms with E-state index < -0.39 is 11.9 Å². The Morgan fingerprint density at radius 1 is 1.33 bits per heavy atom. The van der Waals surface area contributed by atoms with Crippen LogP contribution in [0, 0.1) is 6.92 Å². The average molecular weight is 373 g/mol. The molecule has 0 saturated carbocycles. The Morgan fingerprint density at radius 2 is 2.08 bits per heavy atom. The van der Waals surface area contributed by atoms with E-state index >= 15 is 0 Å². The predicted molar refractivity (Wildman–Crippen MR) is 87.8 cm³/mol. The van der Waals surface area contributed by atoms with Crippen LogP contribution in [0.3, 0.4) is 0 Å². The van der Waals surface area contributed by atoms with Gasteiger partial charge in [-0.05, 0) is 32.0 Å². The molecule has 1 aromatic carbocycles. The zero-order valence-electron chi connectivity index (χ0n) is 12.9. The second-order valence-electron chi connectivity index (χ2n) is 4.60. The van der Waals surface area contributed by atoms with Gasteiger partial charge in [0.1, 0.15) is 11.3 Å². The van der Waals surface area contributed by atoms with Crippen molar-refractivity contribution in [3.63, 3.8) is 0 Å². The van der Waals surface area contributed by atoms with E-state index in [1.165, 1.54) is 6.07 Å². The van der Waals surface area contributed by atoms with E-state index in [1.54, 1.807) is 26.0 Å². The summed E-state index contributed by atoms with van der Waals surface area (Å²) in [6.45, 7) is 3.08. The molecule has 0 radical (unpaired) electrons. The van der Waals surface area contributed by atoms with Crippen molar-refractivity contribution < 1.29 is 23.6 Å². The van der Waals surface area contributed by atoms with Gasteiger partial charge in [-0.2, -0.15) is 0 Å². The Morgan fingerprint density at radius 3 is 2.75 bits per heavy atom. The fraction of sp³-hybridized carbons (Fsp3) is 0.267. The number of amides is 1. The minimum Gasteiger partial charge on any atom is -0.482 e. The second-order valence-corrected chi connectivity index (χ2v) is 5.45. The van der Waals surface area contributed by atoms with Crippen molar-refractivity contribution in [2.45, 2.75) is 13.8 Å². The van der Waals surface area contributed by atoms with E-state index in [0.717, 1.165) is 0 Å². The number of nitrogens with zero attached hydrogens (tertiary/aromatic N) is 1. The number of hydrogen-bond donors (Lipinski definition) is 1. The van der Waals surface area contributed by atoms with E-state index in [0.29, 0.717) is 16.5 Å². The molecule has 0 aliphatic heterocycles. The summed E-state index contributed by atoms with van der Waals surface area (Å²) in [5.74, 6) is -0.978. The highest BCUT2D eigenvalue weighted by Crippen LogP contribution is 2.27. The van der Waals surface area contributed by atoms with Gasteiger partial charge in [-0.1, -0.05) is 28.4 Å². The fourth-order valence-electron chi connectivity index (χ4n) is 1.80. The number of nitrogens with one attached hydrogen (secondary N) is 1. The Hall–Kier alpha value is -2.25. The van der Waals surface area contributed by atoms with Gasteiger partial charge in [-0.3, -0.25) is 10.1 Å². The number of esters is 1. The summed E-state index contributed by atoms with van der Waals surface area (Å²) in [4.78, 5) is 23.8. The lowest BCUT2D eigenvalue weighted by Gasteiger charge is -2.08. The van der Waals surface area contributed by atoms with E-state index in [9.17, 15) is 9.59 Å².